The second kappa shape index (κ2) is 6.99. The number of carbonyl (C=O) groups is 2. The molecule has 0 amide bonds. The molecule has 0 bridgehead atoms. The second-order valence-electron chi connectivity index (χ2n) is 4.46. The van der Waals surface area contributed by atoms with Crippen molar-refractivity contribution in [2.24, 2.45) is 5.14 Å². The molecule has 0 radical (unpaired) electrons. The number of nitrogens with two attached hydrogens (primary N) is 1. The molecule has 0 saturated heterocycles. The van der Waals surface area contributed by atoms with Gasteiger partial charge in [0.15, 0.2) is 12.4 Å². The Hall–Kier alpha value is -2.10. The molecule has 1 heterocycles. The van der Waals surface area contributed by atoms with E-state index in [2.05, 4.69) is 20.9 Å². The normalized spacial score (nSPS) is 11.0. The van der Waals surface area contributed by atoms with Crippen LogP contribution in [0.4, 0.5) is 0 Å². The Bertz CT molecular complexity index is 850. The summed E-state index contributed by atoms with van der Waals surface area (Å²) in [5.41, 5.74) is 0.411. The molecule has 2 N–H and O–H groups in total. The van der Waals surface area contributed by atoms with Gasteiger partial charge in [-0.15, -0.1) is 0 Å². The standard InChI is InChI=1S/C14H11BrN2O5S/c15-11-5-10(6-17-7-11)14(19)22-8-13(18)9-1-3-12(4-2-9)23(16,20)21/h1-7H,8H2,(H2,16,20,21). The SMILES string of the molecule is NS(=O)(=O)c1ccc(C(=O)COC(=O)c2cncc(Br)c2)cc1. The topological polar surface area (TPSA) is 116 Å². The van der Waals surface area contributed by atoms with Crippen molar-refractivity contribution in [1.82, 2.24) is 4.98 Å². The Labute approximate surface area is 140 Å². The van der Waals surface area contributed by atoms with Crippen molar-refractivity contribution in [3.8, 4) is 0 Å². The maximum Gasteiger partial charge on any atom is 0.340 e. The maximum atomic E-state index is 11.9. The minimum Gasteiger partial charge on any atom is -0.454 e. The Kier molecular flexibility index (Phi) is 5.24. The number of carbonyl (C=O) groups excluding carboxylic acids is 2. The lowest BCUT2D eigenvalue weighted by Crippen LogP contribution is -2.15. The van der Waals surface area contributed by atoms with Gasteiger partial charge < -0.3 is 4.74 Å². The molecule has 1 aromatic carbocycles. The number of pyridine rings is 1. The zero-order chi connectivity index (χ0) is 17.0. The largest absolute Gasteiger partial charge is 0.454 e. The van der Waals surface area contributed by atoms with E-state index in [1.807, 2.05) is 0 Å². The summed E-state index contributed by atoms with van der Waals surface area (Å²) in [5.74, 6) is -1.16. The molecule has 0 unspecified atom stereocenters. The number of Topliss-reactive ketones (excluding diaryl/α,β-unsaturated/α-hetero) is 1. The molecule has 0 aliphatic rings. The molecule has 0 spiro atoms. The second-order valence-corrected chi connectivity index (χ2v) is 6.94. The smallest absolute Gasteiger partial charge is 0.340 e. The van der Waals surface area contributed by atoms with Gasteiger partial charge in [0, 0.05) is 22.4 Å². The number of halogens is 1. The maximum absolute atomic E-state index is 11.9. The molecule has 0 fully saturated rings. The number of rotatable bonds is 5. The van der Waals surface area contributed by atoms with E-state index in [9.17, 15) is 18.0 Å². The third-order valence-electron chi connectivity index (χ3n) is 2.78. The van der Waals surface area contributed by atoms with Gasteiger partial charge in [-0.2, -0.15) is 0 Å². The van der Waals surface area contributed by atoms with Gasteiger partial charge >= 0.3 is 5.97 Å². The van der Waals surface area contributed by atoms with E-state index in [1.54, 1.807) is 0 Å². The predicted molar refractivity (Wildman–Crippen MR) is 84.4 cm³/mol. The van der Waals surface area contributed by atoms with E-state index in [1.165, 1.54) is 42.7 Å². The van der Waals surface area contributed by atoms with Crippen molar-refractivity contribution < 1.29 is 22.7 Å². The number of primary sulfonamides is 1. The van der Waals surface area contributed by atoms with Gasteiger partial charge in [-0.3, -0.25) is 9.78 Å². The van der Waals surface area contributed by atoms with Crippen LogP contribution in [0.2, 0.25) is 0 Å². The van der Waals surface area contributed by atoms with Crippen molar-refractivity contribution in [3.05, 3.63) is 58.3 Å². The number of sulfonamides is 1. The highest BCUT2D eigenvalue weighted by Gasteiger charge is 2.14. The number of hydrogen-bond donors (Lipinski definition) is 1. The summed E-state index contributed by atoms with van der Waals surface area (Å²) in [6.45, 7) is -0.472. The lowest BCUT2D eigenvalue weighted by molar-refractivity contribution is 0.0474. The van der Waals surface area contributed by atoms with Gasteiger partial charge in [0.25, 0.3) is 0 Å². The number of aromatic nitrogens is 1. The van der Waals surface area contributed by atoms with Crippen molar-refractivity contribution in [2.75, 3.05) is 6.61 Å². The molecule has 7 nitrogen and oxygen atoms in total. The molecule has 23 heavy (non-hydrogen) atoms. The van der Waals surface area contributed by atoms with Crippen LogP contribution >= 0.6 is 15.9 Å². The number of ketones is 1. The van der Waals surface area contributed by atoms with Crippen LogP contribution in [0.25, 0.3) is 0 Å². The van der Waals surface area contributed by atoms with Crippen molar-refractivity contribution in [3.63, 3.8) is 0 Å². The third-order valence-corrected chi connectivity index (χ3v) is 4.14. The van der Waals surface area contributed by atoms with E-state index < -0.39 is 28.4 Å². The average Bonchev–Trinajstić information content (AvgIpc) is 2.51. The van der Waals surface area contributed by atoms with E-state index in [4.69, 9.17) is 9.88 Å². The summed E-state index contributed by atoms with van der Waals surface area (Å²) >= 11 is 3.17. The lowest BCUT2D eigenvalue weighted by atomic mass is 10.1. The van der Waals surface area contributed by atoms with Crippen molar-refractivity contribution in [2.45, 2.75) is 4.90 Å². The quantitative estimate of drug-likeness (QED) is 0.602. The summed E-state index contributed by atoms with van der Waals surface area (Å²) in [6, 6.07) is 6.54. The lowest BCUT2D eigenvalue weighted by Gasteiger charge is -2.05. The first-order valence-corrected chi connectivity index (χ1v) is 8.55. The highest BCUT2D eigenvalue weighted by molar-refractivity contribution is 9.10. The van der Waals surface area contributed by atoms with Gasteiger partial charge in [0.2, 0.25) is 10.0 Å². The zero-order valence-electron chi connectivity index (χ0n) is 11.6. The van der Waals surface area contributed by atoms with Crippen LogP contribution in [0.3, 0.4) is 0 Å². The number of esters is 1. The molecule has 1 aromatic heterocycles. The molecule has 0 saturated carbocycles. The number of hydrogen-bond acceptors (Lipinski definition) is 6. The Morgan fingerprint density at radius 3 is 2.35 bits per heavy atom. The summed E-state index contributed by atoms with van der Waals surface area (Å²) in [6.07, 6.45) is 2.83. The average molecular weight is 399 g/mol. The van der Waals surface area contributed by atoms with Crippen LogP contribution < -0.4 is 5.14 Å². The van der Waals surface area contributed by atoms with Gasteiger partial charge in [-0.1, -0.05) is 0 Å². The minimum absolute atomic E-state index is 0.105. The van der Waals surface area contributed by atoms with Crippen LogP contribution in [0, 0.1) is 0 Å². The van der Waals surface area contributed by atoms with Crippen LogP contribution in [0.5, 0.6) is 0 Å². The van der Waals surface area contributed by atoms with Gasteiger partial charge in [0.05, 0.1) is 10.5 Å². The van der Waals surface area contributed by atoms with E-state index >= 15 is 0 Å². The third kappa shape index (κ3) is 4.68. The summed E-state index contributed by atoms with van der Waals surface area (Å²) in [5, 5.41) is 4.97. The number of nitrogens with zero attached hydrogens (tertiary/aromatic N) is 1. The molecule has 9 heteroatoms. The number of benzene rings is 1. The fourth-order valence-electron chi connectivity index (χ4n) is 1.65. The monoisotopic (exact) mass is 398 g/mol. The van der Waals surface area contributed by atoms with Crippen molar-refractivity contribution in [1.29, 1.82) is 0 Å². The predicted octanol–water partition coefficient (Wildman–Crippen LogP) is 1.53. The van der Waals surface area contributed by atoms with Crippen LogP contribution in [-0.2, 0) is 14.8 Å². The fraction of sp³-hybridized carbons (Fsp3) is 0.0714. The molecule has 120 valence electrons. The zero-order valence-corrected chi connectivity index (χ0v) is 14.0. The van der Waals surface area contributed by atoms with Gasteiger partial charge in [-0.25, -0.2) is 18.4 Å². The highest BCUT2D eigenvalue weighted by Crippen LogP contribution is 2.12. The first-order chi connectivity index (χ1) is 10.8. The Morgan fingerprint density at radius 1 is 1.13 bits per heavy atom. The Balaban J connectivity index is 2.01. The molecule has 0 atom stereocenters. The van der Waals surface area contributed by atoms with Crippen LogP contribution in [0.15, 0.2) is 52.1 Å². The first-order valence-electron chi connectivity index (χ1n) is 6.21. The molecular weight excluding hydrogens is 388 g/mol. The van der Waals surface area contributed by atoms with E-state index in [0.717, 1.165) is 0 Å². The molecule has 0 aliphatic heterocycles. The minimum atomic E-state index is -3.82. The number of ether oxygens (including phenoxy) is 1. The fourth-order valence-corrected chi connectivity index (χ4v) is 2.53. The first kappa shape index (κ1) is 17.3. The van der Waals surface area contributed by atoms with E-state index in [0.29, 0.717) is 4.47 Å². The van der Waals surface area contributed by atoms with Gasteiger partial charge in [0.1, 0.15) is 0 Å². The molecule has 0 aliphatic carbocycles. The summed E-state index contributed by atoms with van der Waals surface area (Å²) < 4.78 is 27.8. The molecular formula is C14H11BrN2O5S. The van der Waals surface area contributed by atoms with Gasteiger partial charge in [-0.05, 0) is 46.3 Å². The Morgan fingerprint density at radius 2 is 1.78 bits per heavy atom. The highest BCUT2D eigenvalue weighted by atomic mass is 79.9. The molecule has 2 rings (SSSR count). The van der Waals surface area contributed by atoms with Crippen molar-refractivity contribution >= 4 is 37.7 Å². The summed E-state index contributed by atoms with van der Waals surface area (Å²) in [7, 11) is -3.82. The van der Waals surface area contributed by atoms with E-state index in [-0.39, 0.29) is 16.0 Å². The summed E-state index contributed by atoms with van der Waals surface area (Å²) in [4.78, 5) is 27.4. The molecule has 2 aromatic rings. The van der Waals surface area contributed by atoms with Crippen LogP contribution in [0.1, 0.15) is 20.7 Å². The van der Waals surface area contributed by atoms with Crippen LogP contribution in [-0.4, -0.2) is 31.8 Å².